The summed E-state index contributed by atoms with van der Waals surface area (Å²) in [5, 5.41) is 12.3. The molecule has 1 aromatic heterocycles. The second-order valence-corrected chi connectivity index (χ2v) is 5.74. The molecular weight excluding hydrogens is 290 g/mol. The van der Waals surface area contributed by atoms with E-state index >= 15 is 0 Å². The number of hydrogen-bond donors (Lipinski definition) is 1. The molecule has 5 heteroatoms. The van der Waals surface area contributed by atoms with E-state index in [1.165, 1.54) is 0 Å². The number of nitrogens with zero attached hydrogens (tertiary/aromatic N) is 2. The summed E-state index contributed by atoms with van der Waals surface area (Å²) in [4.78, 5) is 12.7. The molecule has 0 spiro atoms. The van der Waals surface area contributed by atoms with Gasteiger partial charge in [-0.15, -0.1) is 0 Å². The van der Waals surface area contributed by atoms with E-state index < -0.39 is 0 Å². The molecule has 1 amide bonds. The molecule has 5 nitrogen and oxygen atoms in total. The smallest absolute Gasteiger partial charge is 0.269 e. The van der Waals surface area contributed by atoms with Crippen molar-refractivity contribution in [2.24, 2.45) is 5.92 Å². The lowest BCUT2D eigenvalue weighted by Gasteiger charge is -2.19. The average Bonchev–Trinajstić information content (AvgIpc) is 2.98. The van der Waals surface area contributed by atoms with Crippen molar-refractivity contribution in [3.8, 4) is 17.5 Å². The summed E-state index contributed by atoms with van der Waals surface area (Å²) < 4.78 is 7.06. The minimum atomic E-state index is -0.265. The molecule has 0 unspecified atom stereocenters. The van der Waals surface area contributed by atoms with Gasteiger partial charge in [-0.05, 0) is 31.0 Å². The average molecular weight is 311 g/mol. The molecule has 1 aromatic carbocycles. The second kappa shape index (κ2) is 7.01. The number of methoxy groups -OCH3 is 1. The Morgan fingerprint density at radius 2 is 1.96 bits per heavy atom. The lowest BCUT2D eigenvalue weighted by atomic mass is 10.1. The Labute approximate surface area is 136 Å². The van der Waals surface area contributed by atoms with Crippen molar-refractivity contribution in [3.63, 3.8) is 0 Å². The first-order chi connectivity index (χ1) is 11.0. The Morgan fingerprint density at radius 3 is 2.57 bits per heavy atom. The summed E-state index contributed by atoms with van der Waals surface area (Å²) in [6, 6.07) is 11.1. The second-order valence-electron chi connectivity index (χ2n) is 5.74. The van der Waals surface area contributed by atoms with Crippen molar-refractivity contribution in [3.05, 3.63) is 47.8 Å². The number of ether oxygens (including phenoxy) is 1. The van der Waals surface area contributed by atoms with Crippen molar-refractivity contribution >= 4 is 5.91 Å². The molecule has 2 rings (SSSR count). The van der Waals surface area contributed by atoms with Gasteiger partial charge in [-0.25, -0.2) is 0 Å². The van der Waals surface area contributed by atoms with E-state index in [0.29, 0.717) is 22.9 Å². The quantitative estimate of drug-likeness (QED) is 0.922. The van der Waals surface area contributed by atoms with E-state index in [4.69, 9.17) is 4.74 Å². The standard InChI is InChI=1S/C18H21N3O2/c1-12(2)13(3)20-18(22)17-14(11-19)9-10-21(17)15-7-5-6-8-16(15)23-4/h5-10,12-13H,1-4H3,(H,20,22)/t13-/m0/s1. The van der Waals surface area contributed by atoms with Gasteiger partial charge in [0.2, 0.25) is 0 Å². The van der Waals surface area contributed by atoms with Crippen molar-refractivity contribution in [2.45, 2.75) is 26.8 Å². The third kappa shape index (κ3) is 3.37. The summed E-state index contributed by atoms with van der Waals surface area (Å²) in [6.07, 6.45) is 1.71. The van der Waals surface area contributed by atoms with Crippen LogP contribution >= 0.6 is 0 Å². The van der Waals surface area contributed by atoms with Crippen molar-refractivity contribution in [1.29, 1.82) is 5.26 Å². The van der Waals surface area contributed by atoms with Gasteiger partial charge in [0.1, 0.15) is 17.5 Å². The third-order valence-electron chi connectivity index (χ3n) is 3.93. The van der Waals surface area contributed by atoms with Crippen LogP contribution in [0, 0.1) is 17.2 Å². The van der Waals surface area contributed by atoms with Crippen LogP contribution in [0.25, 0.3) is 5.69 Å². The minimum Gasteiger partial charge on any atom is -0.495 e. The number of nitriles is 1. The molecule has 120 valence electrons. The van der Waals surface area contributed by atoms with Gasteiger partial charge in [0.15, 0.2) is 0 Å². The Kier molecular flexibility index (Phi) is 5.07. The molecule has 2 aromatic rings. The molecule has 0 saturated carbocycles. The van der Waals surface area contributed by atoms with E-state index in [1.54, 1.807) is 23.9 Å². The van der Waals surface area contributed by atoms with Crippen molar-refractivity contribution in [1.82, 2.24) is 9.88 Å². The largest absolute Gasteiger partial charge is 0.495 e. The van der Waals surface area contributed by atoms with Crippen LogP contribution in [-0.2, 0) is 0 Å². The zero-order valence-corrected chi connectivity index (χ0v) is 13.8. The molecule has 0 aliphatic heterocycles. The van der Waals surface area contributed by atoms with E-state index in [-0.39, 0.29) is 11.9 Å². The summed E-state index contributed by atoms with van der Waals surface area (Å²) in [7, 11) is 1.58. The first kappa shape index (κ1) is 16.6. The molecule has 0 radical (unpaired) electrons. The highest BCUT2D eigenvalue weighted by molar-refractivity contribution is 5.96. The fourth-order valence-corrected chi connectivity index (χ4v) is 2.23. The highest BCUT2D eigenvalue weighted by Crippen LogP contribution is 2.25. The number of amides is 1. The van der Waals surface area contributed by atoms with Crippen LogP contribution < -0.4 is 10.1 Å². The van der Waals surface area contributed by atoms with Gasteiger partial charge in [-0.1, -0.05) is 26.0 Å². The van der Waals surface area contributed by atoms with Gasteiger partial charge >= 0.3 is 0 Å². The van der Waals surface area contributed by atoms with E-state index in [0.717, 1.165) is 5.69 Å². The minimum absolute atomic E-state index is 0.00932. The van der Waals surface area contributed by atoms with E-state index in [1.807, 2.05) is 45.0 Å². The predicted molar refractivity (Wildman–Crippen MR) is 88.8 cm³/mol. The Bertz CT molecular complexity index is 741. The molecule has 23 heavy (non-hydrogen) atoms. The number of rotatable bonds is 5. The predicted octanol–water partition coefficient (Wildman–Crippen LogP) is 3.13. The summed E-state index contributed by atoms with van der Waals surface area (Å²) in [5.74, 6) is 0.677. The van der Waals surface area contributed by atoms with Gasteiger partial charge in [0.25, 0.3) is 5.91 Å². The van der Waals surface area contributed by atoms with Crippen LogP contribution in [-0.4, -0.2) is 23.6 Å². The molecule has 0 aliphatic rings. The van der Waals surface area contributed by atoms with Crippen LogP contribution in [0.15, 0.2) is 36.5 Å². The fraction of sp³-hybridized carbons (Fsp3) is 0.333. The Hall–Kier alpha value is -2.74. The van der Waals surface area contributed by atoms with Crippen molar-refractivity contribution < 1.29 is 9.53 Å². The fourth-order valence-electron chi connectivity index (χ4n) is 2.23. The van der Waals surface area contributed by atoms with Gasteiger partial charge in [-0.2, -0.15) is 5.26 Å². The number of carbonyl (C=O) groups excluding carboxylic acids is 1. The van der Waals surface area contributed by atoms with Crippen molar-refractivity contribution in [2.75, 3.05) is 7.11 Å². The lowest BCUT2D eigenvalue weighted by molar-refractivity contribution is 0.0923. The molecule has 1 N–H and O–H groups in total. The van der Waals surface area contributed by atoms with Crippen LogP contribution in [0.4, 0.5) is 0 Å². The zero-order valence-electron chi connectivity index (χ0n) is 13.8. The molecular formula is C18H21N3O2. The number of nitrogens with one attached hydrogen (secondary N) is 1. The first-order valence-electron chi connectivity index (χ1n) is 7.55. The number of aromatic nitrogens is 1. The third-order valence-corrected chi connectivity index (χ3v) is 3.93. The van der Waals surface area contributed by atoms with Crippen LogP contribution in [0.5, 0.6) is 5.75 Å². The summed E-state index contributed by atoms with van der Waals surface area (Å²) >= 11 is 0. The number of hydrogen-bond acceptors (Lipinski definition) is 3. The number of benzene rings is 1. The van der Waals surface area contributed by atoms with Gasteiger partial charge in [0, 0.05) is 12.2 Å². The monoisotopic (exact) mass is 311 g/mol. The van der Waals surface area contributed by atoms with E-state index in [2.05, 4.69) is 11.4 Å². The van der Waals surface area contributed by atoms with Gasteiger partial charge < -0.3 is 14.6 Å². The zero-order chi connectivity index (χ0) is 17.0. The molecule has 0 bridgehead atoms. The topological polar surface area (TPSA) is 67.0 Å². The maximum absolute atomic E-state index is 12.7. The summed E-state index contributed by atoms with van der Waals surface area (Å²) in [5.41, 5.74) is 1.38. The molecule has 1 heterocycles. The highest BCUT2D eigenvalue weighted by Gasteiger charge is 2.22. The number of carbonyl (C=O) groups is 1. The molecule has 0 fully saturated rings. The van der Waals surface area contributed by atoms with Gasteiger partial charge in [0.05, 0.1) is 18.4 Å². The maximum atomic E-state index is 12.7. The Balaban J connectivity index is 2.50. The highest BCUT2D eigenvalue weighted by atomic mass is 16.5. The molecule has 1 atom stereocenters. The normalized spacial score (nSPS) is 11.8. The lowest BCUT2D eigenvalue weighted by Crippen LogP contribution is -2.37. The maximum Gasteiger partial charge on any atom is 0.269 e. The SMILES string of the molecule is COc1ccccc1-n1ccc(C#N)c1C(=O)N[C@@H](C)C(C)C. The summed E-state index contributed by atoms with van der Waals surface area (Å²) in [6.45, 7) is 6.02. The number of para-hydroxylation sites is 2. The Morgan fingerprint density at radius 1 is 1.26 bits per heavy atom. The molecule has 0 aliphatic carbocycles. The van der Waals surface area contributed by atoms with Crippen LogP contribution in [0.3, 0.4) is 0 Å². The van der Waals surface area contributed by atoms with E-state index in [9.17, 15) is 10.1 Å². The van der Waals surface area contributed by atoms with Gasteiger partial charge in [-0.3, -0.25) is 4.79 Å². The molecule has 0 saturated heterocycles. The van der Waals surface area contributed by atoms with Crippen LogP contribution in [0.1, 0.15) is 36.8 Å². The van der Waals surface area contributed by atoms with Crippen LogP contribution in [0.2, 0.25) is 0 Å². The first-order valence-corrected chi connectivity index (χ1v) is 7.55.